The van der Waals surface area contributed by atoms with Crippen LogP contribution in [0.1, 0.15) is 11.1 Å². The average molecular weight is 259 g/mol. The lowest BCUT2D eigenvalue weighted by Crippen LogP contribution is -1.87. The normalized spacial score (nSPS) is 9.80. The Bertz CT molecular complexity index is 776. The Kier molecular flexibility index (Phi) is 3.22. The molecule has 0 unspecified atom stereocenters. The first-order valence-corrected chi connectivity index (χ1v) is 6.30. The molecule has 3 N–H and O–H groups in total. The van der Waals surface area contributed by atoms with Crippen LogP contribution in [0, 0.1) is 11.8 Å². The van der Waals surface area contributed by atoms with Gasteiger partial charge < -0.3 is 10.7 Å². The van der Waals surface area contributed by atoms with Crippen LogP contribution in [0.5, 0.6) is 0 Å². The number of hydrogen-bond acceptors (Lipinski definition) is 2. The molecule has 0 saturated carbocycles. The van der Waals surface area contributed by atoms with Gasteiger partial charge in [0.1, 0.15) is 0 Å². The molecule has 1 aromatic heterocycles. The minimum absolute atomic E-state index is 0.408. The third-order valence-electron chi connectivity index (χ3n) is 2.93. The molecule has 0 amide bonds. The Morgan fingerprint density at radius 2 is 1.65 bits per heavy atom. The average Bonchev–Trinajstić information content (AvgIpc) is 2.93. The largest absolute Gasteiger partial charge is 0.369 e. The fourth-order valence-corrected chi connectivity index (χ4v) is 1.96. The highest BCUT2D eigenvalue weighted by atomic mass is 15.0. The van der Waals surface area contributed by atoms with Crippen molar-refractivity contribution in [2.75, 3.05) is 5.73 Å². The number of H-pyrrole nitrogens is 1. The topological polar surface area (TPSA) is 54.7 Å². The van der Waals surface area contributed by atoms with Crippen molar-refractivity contribution in [2.45, 2.75) is 0 Å². The van der Waals surface area contributed by atoms with Crippen LogP contribution < -0.4 is 5.73 Å². The molecule has 0 fully saturated rings. The lowest BCUT2D eigenvalue weighted by atomic mass is 10.1. The molecule has 1 heterocycles. The molecule has 0 aliphatic rings. The maximum atomic E-state index is 5.63. The van der Waals surface area contributed by atoms with Gasteiger partial charge >= 0.3 is 0 Å². The van der Waals surface area contributed by atoms with Crippen LogP contribution in [0.3, 0.4) is 0 Å². The highest BCUT2D eigenvalue weighted by Gasteiger charge is 2.04. The van der Waals surface area contributed by atoms with Crippen LogP contribution in [0.15, 0.2) is 60.8 Å². The predicted octanol–water partition coefficient (Wildman–Crippen LogP) is 3.06. The van der Waals surface area contributed by atoms with E-state index in [0.717, 1.165) is 22.4 Å². The quantitative estimate of drug-likeness (QED) is 0.660. The molecular weight excluding hydrogens is 246 g/mol. The summed E-state index contributed by atoms with van der Waals surface area (Å²) in [6.45, 7) is 0. The Labute approximate surface area is 117 Å². The first-order chi connectivity index (χ1) is 9.83. The number of hydrogen-bond donors (Lipinski definition) is 2. The van der Waals surface area contributed by atoms with E-state index in [-0.39, 0.29) is 0 Å². The minimum atomic E-state index is 0.408. The number of nitrogens with one attached hydrogen (secondary N) is 1. The molecule has 0 saturated heterocycles. The molecule has 3 heteroatoms. The molecule has 0 atom stereocenters. The van der Waals surface area contributed by atoms with Crippen molar-refractivity contribution in [3.8, 4) is 23.1 Å². The monoisotopic (exact) mass is 259 g/mol. The van der Waals surface area contributed by atoms with Gasteiger partial charge in [0.2, 0.25) is 0 Å². The number of imidazole rings is 1. The van der Waals surface area contributed by atoms with Crippen molar-refractivity contribution in [3.05, 3.63) is 71.9 Å². The Balaban J connectivity index is 2.01. The Morgan fingerprint density at radius 3 is 2.40 bits per heavy atom. The van der Waals surface area contributed by atoms with E-state index in [9.17, 15) is 0 Å². The number of rotatable bonds is 1. The number of nitrogens with two attached hydrogens (primary N) is 1. The zero-order chi connectivity index (χ0) is 13.8. The summed E-state index contributed by atoms with van der Waals surface area (Å²) in [7, 11) is 0. The number of anilines is 1. The van der Waals surface area contributed by atoms with E-state index in [4.69, 9.17) is 5.73 Å². The van der Waals surface area contributed by atoms with Crippen molar-refractivity contribution in [3.63, 3.8) is 0 Å². The molecular formula is C17H13N3. The Hall–Kier alpha value is -2.99. The first-order valence-electron chi connectivity index (χ1n) is 6.30. The van der Waals surface area contributed by atoms with Crippen LogP contribution in [0.2, 0.25) is 0 Å². The van der Waals surface area contributed by atoms with Crippen LogP contribution in [0.25, 0.3) is 11.3 Å². The van der Waals surface area contributed by atoms with Gasteiger partial charge in [-0.25, -0.2) is 4.98 Å². The maximum absolute atomic E-state index is 5.63. The second kappa shape index (κ2) is 5.33. The van der Waals surface area contributed by atoms with Gasteiger partial charge in [-0.3, -0.25) is 0 Å². The van der Waals surface area contributed by atoms with Gasteiger partial charge in [-0.1, -0.05) is 48.2 Å². The van der Waals surface area contributed by atoms with E-state index in [1.807, 2.05) is 54.6 Å². The molecule has 3 rings (SSSR count). The molecule has 96 valence electrons. The molecule has 0 spiro atoms. The van der Waals surface area contributed by atoms with Gasteiger partial charge in [-0.15, -0.1) is 0 Å². The zero-order valence-corrected chi connectivity index (χ0v) is 10.8. The van der Waals surface area contributed by atoms with Gasteiger partial charge in [-0.2, -0.15) is 0 Å². The van der Waals surface area contributed by atoms with E-state index in [0.29, 0.717) is 5.95 Å². The van der Waals surface area contributed by atoms with Crippen molar-refractivity contribution >= 4 is 5.95 Å². The molecule has 20 heavy (non-hydrogen) atoms. The molecule has 0 radical (unpaired) electrons. The second-order valence-electron chi connectivity index (χ2n) is 4.34. The van der Waals surface area contributed by atoms with Gasteiger partial charge in [0.25, 0.3) is 0 Å². The number of nitrogen functional groups attached to an aromatic ring is 1. The van der Waals surface area contributed by atoms with Crippen molar-refractivity contribution < 1.29 is 0 Å². The summed E-state index contributed by atoms with van der Waals surface area (Å²) >= 11 is 0. The lowest BCUT2D eigenvalue weighted by molar-refractivity contribution is 1.32. The zero-order valence-electron chi connectivity index (χ0n) is 10.8. The number of benzene rings is 2. The van der Waals surface area contributed by atoms with Crippen molar-refractivity contribution in [1.82, 2.24) is 9.97 Å². The second-order valence-corrected chi connectivity index (χ2v) is 4.34. The van der Waals surface area contributed by atoms with Crippen LogP contribution in [-0.4, -0.2) is 9.97 Å². The molecule has 0 aliphatic heterocycles. The summed E-state index contributed by atoms with van der Waals surface area (Å²) in [5.41, 5.74) is 9.44. The SMILES string of the molecule is Nc1ncc(-c2ccccc2C#Cc2ccccc2)[nH]1. The smallest absolute Gasteiger partial charge is 0.197 e. The fourth-order valence-electron chi connectivity index (χ4n) is 1.96. The highest BCUT2D eigenvalue weighted by Crippen LogP contribution is 2.21. The first kappa shape index (κ1) is 12.1. The number of aromatic amines is 1. The predicted molar refractivity (Wildman–Crippen MR) is 80.9 cm³/mol. The van der Waals surface area contributed by atoms with E-state index >= 15 is 0 Å². The summed E-state index contributed by atoms with van der Waals surface area (Å²) in [4.78, 5) is 7.06. The summed E-state index contributed by atoms with van der Waals surface area (Å²) in [6.07, 6.45) is 1.72. The molecule has 0 aliphatic carbocycles. The minimum Gasteiger partial charge on any atom is -0.369 e. The molecule has 2 aromatic carbocycles. The van der Waals surface area contributed by atoms with E-state index in [1.54, 1.807) is 6.20 Å². The maximum Gasteiger partial charge on any atom is 0.197 e. The summed E-state index contributed by atoms with van der Waals surface area (Å²) in [5.74, 6) is 6.77. The van der Waals surface area contributed by atoms with Gasteiger partial charge in [0, 0.05) is 16.7 Å². The molecule has 0 bridgehead atoms. The van der Waals surface area contributed by atoms with Crippen molar-refractivity contribution in [1.29, 1.82) is 0 Å². The number of nitrogens with zero attached hydrogens (tertiary/aromatic N) is 1. The van der Waals surface area contributed by atoms with E-state index in [2.05, 4.69) is 21.8 Å². The standard InChI is InChI=1S/C17H13N3/c18-17-19-12-16(20-17)15-9-5-4-8-14(15)11-10-13-6-2-1-3-7-13/h1-9,12H,(H3,18,19,20). The summed E-state index contributed by atoms with van der Waals surface area (Å²) < 4.78 is 0. The third kappa shape index (κ3) is 2.55. The van der Waals surface area contributed by atoms with Crippen LogP contribution >= 0.6 is 0 Å². The third-order valence-corrected chi connectivity index (χ3v) is 2.93. The molecule has 3 nitrogen and oxygen atoms in total. The van der Waals surface area contributed by atoms with Crippen LogP contribution in [-0.2, 0) is 0 Å². The lowest BCUT2D eigenvalue weighted by Gasteiger charge is -2.00. The van der Waals surface area contributed by atoms with Crippen molar-refractivity contribution in [2.24, 2.45) is 0 Å². The summed E-state index contributed by atoms with van der Waals surface area (Å²) in [6, 6.07) is 17.8. The van der Waals surface area contributed by atoms with Gasteiger partial charge in [0.15, 0.2) is 5.95 Å². The van der Waals surface area contributed by atoms with E-state index in [1.165, 1.54) is 0 Å². The van der Waals surface area contributed by atoms with Gasteiger partial charge in [-0.05, 0) is 18.2 Å². The van der Waals surface area contributed by atoms with E-state index < -0.39 is 0 Å². The fraction of sp³-hybridized carbons (Fsp3) is 0. The molecule has 3 aromatic rings. The van der Waals surface area contributed by atoms with Crippen LogP contribution in [0.4, 0.5) is 5.95 Å². The highest BCUT2D eigenvalue weighted by molar-refractivity contribution is 5.69. The summed E-state index contributed by atoms with van der Waals surface area (Å²) in [5, 5.41) is 0. The van der Waals surface area contributed by atoms with Gasteiger partial charge in [0.05, 0.1) is 11.9 Å². The number of aromatic nitrogens is 2. The Morgan fingerprint density at radius 1 is 0.900 bits per heavy atom.